The Kier molecular flexibility index (Phi) is 5.05. The van der Waals surface area contributed by atoms with E-state index in [1.165, 1.54) is 13.1 Å². The van der Waals surface area contributed by atoms with Crippen LogP contribution in [0.15, 0.2) is 6.20 Å². The molecule has 20 heavy (non-hydrogen) atoms. The Balaban J connectivity index is 3.09. The van der Waals surface area contributed by atoms with Gasteiger partial charge in [-0.2, -0.15) is 0 Å². The van der Waals surface area contributed by atoms with Crippen molar-refractivity contribution in [3.63, 3.8) is 0 Å². The highest BCUT2D eigenvalue weighted by molar-refractivity contribution is 6.33. The second-order valence-corrected chi connectivity index (χ2v) is 5.43. The molecule has 0 spiro atoms. The highest BCUT2D eigenvalue weighted by Gasteiger charge is 2.34. The van der Waals surface area contributed by atoms with Gasteiger partial charge in [0, 0.05) is 5.92 Å². The van der Waals surface area contributed by atoms with Gasteiger partial charge in [0.25, 0.3) is 5.91 Å². The van der Waals surface area contributed by atoms with Gasteiger partial charge >= 0.3 is 5.97 Å². The summed E-state index contributed by atoms with van der Waals surface area (Å²) in [7, 11) is 0. The Morgan fingerprint density at radius 2 is 2.10 bits per heavy atom. The summed E-state index contributed by atoms with van der Waals surface area (Å²) in [4.78, 5) is 31.5. The Hall–Kier alpha value is -1.69. The molecule has 0 aliphatic heterocycles. The number of hydrogen-bond acceptors (Lipinski definition) is 4. The van der Waals surface area contributed by atoms with Gasteiger partial charge in [-0.25, -0.2) is 14.8 Å². The summed E-state index contributed by atoms with van der Waals surface area (Å²) in [5.41, 5.74) is -1.37. The number of aromatic nitrogens is 2. The molecule has 7 heteroatoms. The summed E-state index contributed by atoms with van der Waals surface area (Å²) in [6.45, 7) is 6.89. The second-order valence-electron chi connectivity index (χ2n) is 5.02. The number of carboxylic acids is 1. The highest BCUT2D eigenvalue weighted by Crippen LogP contribution is 2.18. The molecule has 1 unspecified atom stereocenters. The molecule has 0 radical (unpaired) electrons. The van der Waals surface area contributed by atoms with E-state index in [1.54, 1.807) is 6.92 Å². The molecule has 110 valence electrons. The molecule has 1 aromatic rings. The summed E-state index contributed by atoms with van der Waals surface area (Å²) in [5, 5.41) is 11.7. The topological polar surface area (TPSA) is 92.2 Å². The van der Waals surface area contributed by atoms with Crippen LogP contribution in [-0.2, 0) is 4.79 Å². The third-order valence-electron chi connectivity index (χ3n) is 3.06. The van der Waals surface area contributed by atoms with Gasteiger partial charge in [0.2, 0.25) is 0 Å². The Labute approximate surface area is 122 Å². The largest absolute Gasteiger partial charge is 0.480 e. The number of hydrogen-bond donors (Lipinski definition) is 2. The van der Waals surface area contributed by atoms with Crippen molar-refractivity contribution >= 4 is 23.5 Å². The molecule has 0 bridgehead atoms. The number of nitrogens with zero attached hydrogens (tertiary/aromatic N) is 2. The molecule has 0 aromatic carbocycles. The van der Waals surface area contributed by atoms with Crippen molar-refractivity contribution in [1.29, 1.82) is 0 Å². The van der Waals surface area contributed by atoms with Crippen LogP contribution in [0, 0.1) is 0 Å². The monoisotopic (exact) mass is 299 g/mol. The molecule has 0 saturated heterocycles. The van der Waals surface area contributed by atoms with Crippen molar-refractivity contribution in [3.8, 4) is 0 Å². The number of halogens is 1. The van der Waals surface area contributed by atoms with Crippen molar-refractivity contribution in [2.75, 3.05) is 0 Å². The quantitative estimate of drug-likeness (QED) is 0.870. The molecule has 0 saturated carbocycles. The van der Waals surface area contributed by atoms with E-state index in [0.717, 1.165) is 0 Å². The molecule has 2 N–H and O–H groups in total. The SMILES string of the molecule is CCC(C)(NC(=O)c1nc(C(C)C)ncc1Cl)C(=O)O. The lowest BCUT2D eigenvalue weighted by Crippen LogP contribution is -2.52. The molecular weight excluding hydrogens is 282 g/mol. The van der Waals surface area contributed by atoms with Crippen LogP contribution < -0.4 is 5.32 Å². The standard InChI is InChI=1S/C13H18ClN3O3/c1-5-13(4,12(19)20)17-11(18)9-8(14)6-15-10(16-9)7(2)3/h6-7H,5H2,1-4H3,(H,17,18)(H,19,20). The number of carboxylic acid groups (broad SMARTS) is 1. The third kappa shape index (κ3) is 3.45. The number of nitrogens with one attached hydrogen (secondary N) is 1. The first-order valence-corrected chi connectivity index (χ1v) is 6.67. The molecule has 1 atom stereocenters. The van der Waals surface area contributed by atoms with Crippen molar-refractivity contribution in [3.05, 3.63) is 22.7 Å². The van der Waals surface area contributed by atoms with Crippen LogP contribution in [0.25, 0.3) is 0 Å². The van der Waals surface area contributed by atoms with E-state index >= 15 is 0 Å². The first-order chi connectivity index (χ1) is 9.21. The molecule has 0 fully saturated rings. The lowest BCUT2D eigenvalue weighted by atomic mass is 9.99. The normalized spacial score (nSPS) is 13.9. The van der Waals surface area contributed by atoms with Crippen LogP contribution in [0.1, 0.15) is 56.3 Å². The Morgan fingerprint density at radius 3 is 2.55 bits per heavy atom. The van der Waals surface area contributed by atoms with Gasteiger partial charge in [-0.3, -0.25) is 4.79 Å². The summed E-state index contributed by atoms with van der Waals surface area (Å²) in [5.74, 6) is -1.21. The van der Waals surface area contributed by atoms with Crippen LogP contribution in [0.4, 0.5) is 0 Å². The van der Waals surface area contributed by atoms with Crippen molar-refractivity contribution in [2.24, 2.45) is 0 Å². The lowest BCUT2D eigenvalue weighted by Gasteiger charge is -2.24. The van der Waals surface area contributed by atoms with Gasteiger partial charge in [0.05, 0.1) is 11.2 Å². The number of carbonyl (C=O) groups is 2. The Bertz CT molecular complexity index is 534. The molecule has 0 aliphatic carbocycles. The maximum Gasteiger partial charge on any atom is 0.329 e. The van der Waals surface area contributed by atoms with E-state index in [0.29, 0.717) is 5.82 Å². The zero-order chi connectivity index (χ0) is 15.5. The average Bonchev–Trinajstić information content (AvgIpc) is 2.38. The first kappa shape index (κ1) is 16.4. The minimum Gasteiger partial charge on any atom is -0.480 e. The molecule has 1 rings (SSSR count). The summed E-state index contributed by atoms with van der Waals surface area (Å²) in [6.07, 6.45) is 1.59. The number of amides is 1. The zero-order valence-corrected chi connectivity index (χ0v) is 12.7. The van der Waals surface area contributed by atoms with E-state index in [9.17, 15) is 9.59 Å². The van der Waals surface area contributed by atoms with Gasteiger partial charge < -0.3 is 10.4 Å². The predicted octanol–water partition coefficient (Wildman–Crippen LogP) is 2.24. The van der Waals surface area contributed by atoms with Gasteiger partial charge in [-0.15, -0.1) is 0 Å². The van der Waals surface area contributed by atoms with Crippen LogP contribution in [0.2, 0.25) is 5.02 Å². The van der Waals surface area contributed by atoms with Gasteiger partial charge in [-0.05, 0) is 13.3 Å². The van der Waals surface area contributed by atoms with E-state index in [-0.39, 0.29) is 23.1 Å². The van der Waals surface area contributed by atoms with Crippen molar-refractivity contribution in [1.82, 2.24) is 15.3 Å². The fourth-order valence-electron chi connectivity index (χ4n) is 1.42. The number of carbonyl (C=O) groups excluding carboxylic acids is 1. The minimum absolute atomic E-state index is 0.00806. The van der Waals surface area contributed by atoms with Gasteiger partial charge in [-0.1, -0.05) is 32.4 Å². The van der Waals surface area contributed by atoms with Crippen molar-refractivity contribution in [2.45, 2.75) is 45.6 Å². The first-order valence-electron chi connectivity index (χ1n) is 6.29. The fraction of sp³-hybridized carbons (Fsp3) is 0.538. The molecule has 1 aromatic heterocycles. The second kappa shape index (κ2) is 6.17. The van der Waals surface area contributed by atoms with Crippen LogP contribution in [-0.4, -0.2) is 32.5 Å². The molecule has 6 nitrogen and oxygen atoms in total. The molecule has 1 amide bonds. The lowest BCUT2D eigenvalue weighted by molar-refractivity contribution is -0.143. The summed E-state index contributed by atoms with van der Waals surface area (Å²) >= 11 is 5.91. The van der Waals surface area contributed by atoms with E-state index in [1.807, 2.05) is 13.8 Å². The zero-order valence-electron chi connectivity index (χ0n) is 11.9. The third-order valence-corrected chi connectivity index (χ3v) is 3.34. The maximum atomic E-state index is 12.2. The fourth-order valence-corrected chi connectivity index (χ4v) is 1.60. The maximum absolute atomic E-state index is 12.2. The number of aliphatic carboxylic acids is 1. The average molecular weight is 300 g/mol. The Morgan fingerprint density at radius 1 is 1.50 bits per heavy atom. The van der Waals surface area contributed by atoms with Crippen LogP contribution in [0.5, 0.6) is 0 Å². The van der Waals surface area contributed by atoms with Gasteiger partial charge in [0.1, 0.15) is 17.1 Å². The van der Waals surface area contributed by atoms with E-state index in [2.05, 4.69) is 15.3 Å². The van der Waals surface area contributed by atoms with E-state index < -0.39 is 17.4 Å². The van der Waals surface area contributed by atoms with Crippen molar-refractivity contribution < 1.29 is 14.7 Å². The summed E-state index contributed by atoms with van der Waals surface area (Å²) in [6, 6.07) is 0. The molecule has 1 heterocycles. The van der Waals surface area contributed by atoms with Crippen LogP contribution >= 0.6 is 11.6 Å². The number of rotatable bonds is 5. The highest BCUT2D eigenvalue weighted by atomic mass is 35.5. The van der Waals surface area contributed by atoms with Gasteiger partial charge in [0.15, 0.2) is 0 Å². The molecular formula is C13H18ClN3O3. The molecule has 0 aliphatic rings. The summed E-state index contributed by atoms with van der Waals surface area (Å²) < 4.78 is 0. The minimum atomic E-state index is -1.36. The smallest absolute Gasteiger partial charge is 0.329 e. The van der Waals surface area contributed by atoms with Crippen LogP contribution in [0.3, 0.4) is 0 Å². The van der Waals surface area contributed by atoms with E-state index in [4.69, 9.17) is 16.7 Å². The predicted molar refractivity (Wildman–Crippen MR) is 74.9 cm³/mol.